The Morgan fingerprint density at radius 1 is 1.25 bits per heavy atom. The first-order chi connectivity index (χ1) is 9.42. The zero-order valence-electron chi connectivity index (χ0n) is 9.95. The molecule has 0 amide bonds. The lowest BCUT2D eigenvalue weighted by atomic mass is 10.3. The van der Waals surface area contributed by atoms with Crippen LogP contribution in [0.1, 0.15) is 0 Å². The van der Waals surface area contributed by atoms with Crippen molar-refractivity contribution in [1.29, 1.82) is 0 Å². The van der Waals surface area contributed by atoms with Crippen LogP contribution in [0.3, 0.4) is 0 Å². The summed E-state index contributed by atoms with van der Waals surface area (Å²) in [5.74, 6) is 0.323. The maximum absolute atomic E-state index is 12.5. The molecule has 1 aromatic carbocycles. The molecular formula is C12H8ClF3N4. The second-order valence-electron chi connectivity index (χ2n) is 4.24. The summed E-state index contributed by atoms with van der Waals surface area (Å²) in [5.41, 5.74) is 1.56. The molecule has 2 heterocycles. The molecule has 0 aliphatic rings. The normalized spacial score (nSPS) is 12.2. The highest BCUT2D eigenvalue weighted by Gasteiger charge is 2.29. The number of imidazole rings is 1. The van der Waals surface area contributed by atoms with Crippen LogP contribution in [0.15, 0.2) is 30.5 Å². The predicted molar refractivity (Wildman–Crippen MR) is 68.4 cm³/mol. The number of nitrogens with one attached hydrogen (secondary N) is 1. The van der Waals surface area contributed by atoms with Gasteiger partial charge in [-0.2, -0.15) is 18.3 Å². The quantitative estimate of drug-likeness (QED) is 0.785. The molecule has 0 aliphatic heterocycles. The van der Waals surface area contributed by atoms with Crippen LogP contribution in [0.5, 0.6) is 0 Å². The first kappa shape index (κ1) is 13.0. The summed E-state index contributed by atoms with van der Waals surface area (Å²) in [6, 6.07) is 6.51. The fourth-order valence-corrected chi connectivity index (χ4v) is 2.10. The van der Waals surface area contributed by atoms with E-state index in [0.29, 0.717) is 21.9 Å². The maximum Gasteiger partial charge on any atom is 0.408 e. The molecule has 0 spiro atoms. The first-order valence-corrected chi connectivity index (χ1v) is 6.04. The van der Waals surface area contributed by atoms with Gasteiger partial charge in [-0.1, -0.05) is 11.6 Å². The van der Waals surface area contributed by atoms with Gasteiger partial charge in [0, 0.05) is 11.2 Å². The number of hydrogen-bond acceptors (Lipinski definition) is 2. The Labute approximate surface area is 116 Å². The van der Waals surface area contributed by atoms with Gasteiger partial charge in [-0.3, -0.25) is 4.68 Å². The van der Waals surface area contributed by atoms with Crippen LogP contribution in [0.4, 0.5) is 13.2 Å². The molecule has 20 heavy (non-hydrogen) atoms. The number of nitrogens with zero attached hydrogens (tertiary/aromatic N) is 3. The van der Waals surface area contributed by atoms with Crippen LogP contribution >= 0.6 is 11.6 Å². The Hall–Kier alpha value is -2.02. The summed E-state index contributed by atoms with van der Waals surface area (Å²) in [7, 11) is 0. The van der Waals surface area contributed by atoms with Crippen molar-refractivity contribution in [1.82, 2.24) is 19.7 Å². The van der Waals surface area contributed by atoms with Gasteiger partial charge in [-0.05, 0) is 24.3 Å². The average Bonchev–Trinajstić information content (AvgIpc) is 2.92. The highest BCUT2D eigenvalue weighted by atomic mass is 35.5. The van der Waals surface area contributed by atoms with Gasteiger partial charge in [-0.25, -0.2) is 4.98 Å². The van der Waals surface area contributed by atoms with Gasteiger partial charge in [0.25, 0.3) is 0 Å². The molecule has 0 saturated heterocycles. The van der Waals surface area contributed by atoms with Crippen molar-refractivity contribution in [3.05, 3.63) is 35.5 Å². The van der Waals surface area contributed by atoms with Gasteiger partial charge in [0.15, 0.2) is 5.82 Å². The van der Waals surface area contributed by atoms with Crippen LogP contribution in [0.25, 0.3) is 22.6 Å². The lowest BCUT2D eigenvalue weighted by Crippen LogP contribution is -2.19. The Balaban J connectivity index is 2.05. The van der Waals surface area contributed by atoms with E-state index in [2.05, 4.69) is 15.1 Å². The number of H-pyrrole nitrogens is 1. The summed E-state index contributed by atoms with van der Waals surface area (Å²) >= 11 is 5.86. The highest BCUT2D eigenvalue weighted by molar-refractivity contribution is 6.31. The third-order valence-corrected chi connectivity index (χ3v) is 2.97. The van der Waals surface area contributed by atoms with E-state index in [9.17, 15) is 13.2 Å². The SMILES string of the molecule is FC(F)(F)Cn1nccc1-c1nc2ccc(Cl)cc2[nH]1. The Bertz CT molecular complexity index is 759. The number of hydrogen-bond donors (Lipinski definition) is 1. The minimum atomic E-state index is -4.34. The van der Waals surface area contributed by atoms with E-state index in [0.717, 1.165) is 4.68 Å². The van der Waals surface area contributed by atoms with Crippen molar-refractivity contribution in [3.8, 4) is 11.5 Å². The molecule has 3 aromatic rings. The minimum absolute atomic E-state index is 0.273. The smallest absolute Gasteiger partial charge is 0.337 e. The lowest BCUT2D eigenvalue weighted by molar-refractivity contribution is -0.142. The van der Waals surface area contributed by atoms with E-state index in [1.165, 1.54) is 12.3 Å². The van der Waals surface area contributed by atoms with Gasteiger partial charge < -0.3 is 4.98 Å². The molecule has 104 valence electrons. The number of aromatic amines is 1. The molecule has 0 unspecified atom stereocenters. The van der Waals surface area contributed by atoms with E-state index >= 15 is 0 Å². The van der Waals surface area contributed by atoms with E-state index in [1.54, 1.807) is 18.2 Å². The topological polar surface area (TPSA) is 46.5 Å². The highest BCUT2D eigenvalue weighted by Crippen LogP contribution is 2.25. The van der Waals surface area contributed by atoms with Gasteiger partial charge in [0.2, 0.25) is 0 Å². The molecule has 0 aliphatic carbocycles. The van der Waals surface area contributed by atoms with Crippen molar-refractivity contribution in [3.63, 3.8) is 0 Å². The second-order valence-corrected chi connectivity index (χ2v) is 4.67. The Kier molecular flexibility index (Phi) is 2.93. The summed E-state index contributed by atoms with van der Waals surface area (Å²) < 4.78 is 38.2. The molecule has 0 fully saturated rings. The molecule has 0 atom stereocenters. The summed E-state index contributed by atoms with van der Waals surface area (Å²) in [6.07, 6.45) is -3.03. The number of rotatable bonds is 2. The van der Waals surface area contributed by atoms with Crippen molar-refractivity contribution >= 4 is 22.6 Å². The van der Waals surface area contributed by atoms with Crippen molar-refractivity contribution in [2.45, 2.75) is 12.7 Å². The maximum atomic E-state index is 12.5. The standard InChI is InChI=1S/C12H8ClF3N4/c13-7-1-2-8-9(5-7)19-11(18-8)10-3-4-17-20(10)6-12(14,15)16/h1-5H,6H2,(H,18,19). The first-order valence-electron chi connectivity index (χ1n) is 5.66. The molecular weight excluding hydrogens is 293 g/mol. The molecule has 2 aromatic heterocycles. The number of benzene rings is 1. The number of alkyl halides is 3. The summed E-state index contributed by atoms with van der Waals surface area (Å²) in [5, 5.41) is 4.20. The molecule has 8 heteroatoms. The predicted octanol–water partition coefficient (Wildman–Crippen LogP) is 3.64. The van der Waals surface area contributed by atoms with E-state index < -0.39 is 12.7 Å². The fourth-order valence-electron chi connectivity index (χ4n) is 1.93. The van der Waals surface area contributed by atoms with Crippen LogP contribution in [-0.2, 0) is 6.54 Å². The lowest BCUT2D eigenvalue weighted by Gasteiger charge is -2.08. The molecule has 4 nitrogen and oxygen atoms in total. The third kappa shape index (κ3) is 2.49. The number of halogens is 4. The largest absolute Gasteiger partial charge is 0.408 e. The van der Waals surface area contributed by atoms with Gasteiger partial charge in [-0.15, -0.1) is 0 Å². The monoisotopic (exact) mass is 300 g/mol. The Morgan fingerprint density at radius 2 is 2.05 bits per heavy atom. The van der Waals surface area contributed by atoms with E-state index in [-0.39, 0.29) is 5.69 Å². The zero-order chi connectivity index (χ0) is 14.3. The van der Waals surface area contributed by atoms with Gasteiger partial charge in [0.05, 0.1) is 11.0 Å². The molecule has 3 rings (SSSR count). The summed E-state index contributed by atoms with van der Waals surface area (Å²) in [6.45, 7) is -1.16. The second kappa shape index (κ2) is 4.52. The van der Waals surface area contributed by atoms with Crippen molar-refractivity contribution in [2.24, 2.45) is 0 Å². The average molecular weight is 301 g/mol. The Morgan fingerprint density at radius 3 is 2.80 bits per heavy atom. The minimum Gasteiger partial charge on any atom is -0.337 e. The number of fused-ring (bicyclic) bond motifs is 1. The van der Waals surface area contributed by atoms with Crippen molar-refractivity contribution < 1.29 is 13.2 Å². The van der Waals surface area contributed by atoms with E-state index in [1.807, 2.05) is 0 Å². The third-order valence-electron chi connectivity index (χ3n) is 2.73. The van der Waals surface area contributed by atoms with Crippen molar-refractivity contribution in [2.75, 3.05) is 0 Å². The number of aromatic nitrogens is 4. The van der Waals surface area contributed by atoms with Crippen LogP contribution < -0.4 is 0 Å². The molecule has 1 N–H and O–H groups in total. The molecule has 0 saturated carbocycles. The van der Waals surface area contributed by atoms with Crippen LogP contribution in [-0.4, -0.2) is 25.9 Å². The van der Waals surface area contributed by atoms with E-state index in [4.69, 9.17) is 11.6 Å². The molecule has 0 radical (unpaired) electrons. The summed E-state index contributed by atoms with van der Waals surface area (Å²) in [4.78, 5) is 7.19. The fraction of sp³-hybridized carbons (Fsp3) is 0.167. The van der Waals surface area contributed by atoms with Gasteiger partial charge >= 0.3 is 6.18 Å². The zero-order valence-corrected chi connectivity index (χ0v) is 10.7. The van der Waals surface area contributed by atoms with Crippen LogP contribution in [0.2, 0.25) is 5.02 Å². The van der Waals surface area contributed by atoms with Gasteiger partial charge in [0.1, 0.15) is 12.2 Å². The molecule has 0 bridgehead atoms. The van der Waals surface area contributed by atoms with Crippen LogP contribution in [0, 0.1) is 0 Å².